The maximum absolute atomic E-state index is 12.9. The van der Waals surface area contributed by atoms with Gasteiger partial charge in [-0.1, -0.05) is 62.0 Å². The molecule has 0 bridgehead atoms. The van der Waals surface area contributed by atoms with Gasteiger partial charge in [0.05, 0.1) is 24.4 Å². The molecule has 0 spiro atoms. The lowest BCUT2D eigenvalue weighted by molar-refractivity contribution is -0.140. The van der Waals surface area contributed by atoms with Crippen LogP contribution in [-0.4, -0.2) is 22.6 Å². The van der Waals surface area contributed by atoms with E-state index in [1.165, 1.54) is 24.4 Å². The van der Waals surface area contributed by atoms with Crippen molar-refractivity contribution >= 4 is 28.6 Å². The summed E-state index contributed by atoms with van der Waals surface area (Å²) < 4.78 is 6.29. The summed E-state index contributed by atoms with van der Waals surface area (Å²) in [5, 5.41) is 1.17. The lowest BCUT2D eigenvalue weighted by atomic mass is 10.0. The van der Waals surface area contributed by atoms with Crippen LogP contribution >= 0.6 is 11.8 Å². The normalized spacial score (nSPS) is 11.1. The van der Waals surface area contributed by atoms with Crippen molar-refractivity contribution in [3.05, 3.63) is 70.0 Å². The molecule has 3 aromatic rings. The molecule has 0 radical (unpaired) electrons. The Labute approximate surface area is 168 Å². The smallest absolute Gasteiger partial charge is 0.307 e. The number of fused-ring (bicyclic) bond motifs is 1. The van der Waals surface area contributed by atoms with Crippen LogP contribution in [0.5, 0.6) is 0 Å². The molecule has 0 amide bonds. The highest BCUT2D eigenvalue weighted by molar-refractivity contribution is 7.98. The molecular weight excluding hydrogens is 372 g/mol. The van der Waals surface area contributed by atoms with Gasteiger partial charge in [0, 0.05) is 12.3 Å². The van der Waals surface area contributed by atoms with Crippen molar-refractivity contribution in [3.63, 3.8) is 0 Å². The minimum atomic E-state index is -0.347. The number of carbonyl (C=O) groups is 1. The van der Waals surface area contributed by atoms with Gasteiger partial charge in [0.1, 0.15) is 0 Å². The first kappa shape index (κ1) is 20.1. The standard InChI is InChI=1S/C22H24N2O3S/c1-15(2)17-10-8-16(9-11-17)14-28-22-23-19-7-5-4-6-18(19)21(26)24(22)13-12-20(25)27-3/h4-11,15H,12-14H2,1-3H3. The second-order valence-electron chi connectivity index (χ2n) is 6.88. The summed E-state index contributed by atoms with van der Waals surface area (Å²) in [4.78, 5) is 29.2. The van der Waals surface area contributed by atoms with Gasteiger partial charge in [0.15, 0.2) is 5.16 Å². The van der Waals surface area contributed by atoms with E-state index in [1.54, 1.807) is 10.6 Å². The highest BCUT2D eigenvalue weighted by atomic mass is 32.2. The molecular formula is C22H24N2O3S. The molecule has 6 heteroatoms. The molecule has 0 saturated carbocycles. The third kappa shape index (κ3) is 4.62. The first-order valence-electron chi connectivity index (χ1n) is 9.27. The Morgan fingerprint density at radius 2 is 1.86 bits per heavy atom. The van der Waals surface area contributed by atoms with Crippen molar-refractivity contribution in [3.8, 4) is 0 Å². The number of hydrogen-bond donors (Lipinski definition) is 0. The van der Waals surface area contributed by atoms with Crippen LogP contribution in [0.1, 0.15) is 37.3 Å². The van der Waals surface area contributed by atoms with Crippen molar-refractivity contribution < 1.29 is 9.53 Å². The monoisotopic (exact) mass is 396 g/mol. The zero-order valence-electron chi connectivity index (χ0n) is 16.3. The molecule has 0 saturated heterocycles. The fourth-order valence-electron chi connectivity index (χ4n) is 2.91. The minimum Gasteiger partial charge on any atom is -0.469 e. The Kier molecular flexibility index (Phi) is 6.52. The summed E-state index contributed by atoms with van der Waals surface area (Å²) in [6.45, 7) is 4.59. The van der Waals surface area contributed by atoms with Gasteiger partial charge >= 0.3 is 5.97 Å². The predicted molar refractivity (Wildman–Crippen MR) is 113 cm³/mol. The van der Waals surface area contributed by atoms with Crippen molar-refractivity contribution in [2.75, 3.05) is 7.11 Å². The van der Waals surface area contributed by atoms with E-state index in [9.17, 15) is 9.59 Å². The average Bonchev–Trinajstić information content (AvgIpc) is 2.71. The van der Waals surface area contributed by atoms with Gasteiger partial charge in [-0.25, -0.2) is 4.98 Å². The van der Waals surface area contributed by atoms with Crippen LogP contribution in [0, 0.1) is 0 Å². The summed E-state index contributed by atoms with van der Waals surface area (Å²) in [5.41, 5.74) is 3.00. The molecule has 0 aliphatic carbocycles. The van der Waals surface area contributed by atoms with E-state index in [2.05, 4.69) is 43.1 Å². The highest BCUT2D eigenvalue weighted by Gasteiger charge is 2.13. The Balaban J connectivity index is 1.89. The number of thioether (sulfide) groups is 1. The molecule has 1 aromatic heterocycles. The predicted octanol–water partition coefficient (Wildman–Crippen LogP) is 4.38. The summed E-state index contributed by atoms with van der Waals surface area (Å²) in [7, 11) is 1.35. The number of para-hydroxylation sites is 1. The number of ether oxygens (including phenoxy) is 1. The van der Waals surface area contributed by atoms with Crippen LogP contribution in [0.15, 0.2) is 58.5 Å². The van der Waals surface area contributed by atoms with E-state index in [1.807, 2.05) is 18.2 Å². The summed E-state index contributed by atoms with van der Waals surface area (Å²) in [5.74, 6) is 0.842. The number of benzene rings is 2. The zero-order chi connectivity index (χ0) is 20.1. The highest BCUT2D eigenvalue weighted by Crippen LogP contribution is 2.24. The first-order valence-corrected chi connectivity index (χ1v) is 10.3. The number of aromatic nitrogens is 2. The Bertz CT molecular complexity index is 1030. The molecule has 5 nitrogen and oxygen atoms in total. The Hall–Kier alpha value is -2.60. The van der Waals surface area contributed by atoms with Crippen LogP contribution in [0.2, 0.25) is 0 Å². The number of hydrogen-bond acceptors (Lipinski definition) is 5. The number of carbonyl (C=O) groups excluding carboxylic acids is 1. The lowest BCUT2D eigenvalue weighted by Gasteiger charge is -2.13. The van der Waals surface area contributed by atoms with Crippen molar-refractivity contribution in [1.29, 1.82) is 0 Å². The van der Waals surface area contributed by atoms with Crippen molar-refractivity contribution in [2.24, 2.45) is 0 Å². The Morgan fingerprint density at radius 1 is 1.14 bits per heavy atom. The fraction of sp³-hybridized carbons (Fsp3) is 0.318. The number of methoxy groups -OCH3 is 1. The van der Waals surface area contributed by atoms with Gasteiger partial charge in [0.25, 0.3) is 5.56 Å². The van der Waals surface area contributed by atoms with Gasteiger partial charge in [0.2, 0.25) is 0 Å². The SMILES string of the molecule is COC(=O)CCn1c(SCc2ccc(C(C)C)cc2)nc2ccccc2c1=O. The largest absolute Gasteiger partial charge is 0.469 e. The van der Waals surface area contributed by atoms with E-state index in [0.717, 1.165) is 5.56 Å². The second kappa shape index (κ2) is 9.06. The van der Waals surface area contributed by atoms with E-state index in [-0.39, 0.29) is 24.5 Å². The molecule has 0 fully saturated rings. The van der Waals surface area contributed by atoms with E-state index in [0.29, 0.717) is 27.7 Å². The molecule has 0 aliphatic rings. The van der Waals surface area contributed by atoms with Crippen molar-refractivity contribution in [1.82, 2.24) is 9.55 Å². The molecule has 0 aliphatic heterocycles. The summed E-state index contributed by atoms with van der Waals surface area (Å²) in [6, 6.07) is 15.8. The second-order valence-corrected chi connectivity index (χ2v) is 7.82. The van der Waals surface area contributed by atoms with Crippen LogP contribution in [0.3, 0.4) is 0 Å². The van der Waals surface area contributed by atoms with Gasteiger partial charge in [-0.3, -0.25) is 14.2 Å². The number of esters is 1. The minimum absolute atomic E-state index is 0.132. The number of nitrogens with zero attached hydrogens (tertiary/aromatic N) is 2. The maximum Gasteiger partial charge on any atom is 0.307 e. The molecule has 28 heavy (non-hydrogen) atoms. The molecule has 0 atom stereocenters. The molecule has 1 heterocycles. The molecule has 146 valence electrons. The third-order valence-electron chi connectivity index (χ3n) is 4.61. The zero-order valence-corrected chi connectivity index (χ0v) is 17.2. The van der Waals surface area contributed by atoms with E-state index < -0.39 is 0 Å². The van der Waals surface area contributed by atoms with Crippen LogP contribution in [0.4, 0.5) is 0 Å². The quantitative estimate of drug-likeness (QED) is 0.337. The van der Waals surface area contributed by atoms with E-state index in [4.69, 9.17) is 4.74 Å². The number of rotatable bonds is 7. The Morgan fingerprint density at radius 3 is 2.54 bits per heavy atom. The lowest BCUT2D eigenvalue weighted by Crippen LogP contribution is -2.24. The molecule has 0 unspecified atom stereocenters. The molecule has 0 N–H and O–H groups in total. The van der Waals surface area contributed by atoms with Crippen LogP contribution in [0.25, 0.3) is 10.9 Å². The van der Waals surface area contributed by atoms with Gasteiger partial charge in [-0.2, -0.15) is 0 Å². The molecule has 2 aromatic carbocycles. The van der Waals surface area contributed by atoms with Crippen LogP contribution in [-0.2, 0) is 21.8 Å². The average molecular weight is 397 g/mol. The topological polar surface area (TPSA) is 61.2 Å². The fourth-order valence-corrected chi connectivity index (χ4v) is 3.89. The summed E-state index contributed by atoms with van der Waals surface area (Å²) in [6.07, 6.45) is 0.132. The molecule has 3 rings (SSSR count). The maximum atomic E-state index is 12.9. The van der Waals surface area contributed by atoms with Gasteiger partial charge < -0.3 is 4.74 Å². The van der Waals surface area contributed by atoms with Gasteiger partial charge in [-0.05, 0) is 29.2 Å². The third-order valence-corrected chi connectivity index (χ3v) is 5.66. The van der Waals surface area contributed by atoms with Crippen LogP contribution < -0.4 is 5.56 Å². The van der Waals surface area contributed by atoms with E-state index >= 15 is 0 Å². The summed E-state index contributed by atoms with van der Waals surface area (Å²) >= 11 is 1.50. The van der Waals surface area contributed by atoms with Crippen molar-refractivity contribution in [2.45, 2.75) is 43.6 Å². The van der Waals surface area contributed by atoms with Gasteiger partial charge in [-0.15, -0.1) is 0 Å². The first-order chi connectivity index (χ1) is 13.5.